The Bertz CT molecular complexity index is 1360. The number of morpholine rings is 1. The number of ether oxygens (including phenoxy) is 1. The van der Waals surface area contributed by atoms with Crippen molar-refractivity contribution in [2.45, 2.75) is 18.8 Å². The fraction of sp³-hybridized carbons (Fsp3) is 0.321. The van der Waals surface area contributed by atoms with Crippen LogP contribution in [0.1, 0.15) is 24.6 Å². The lowest BCUT2D eigenvalue weighted by atomic mass is 10.1. The quantitative estimate of drug-likeness (QED) is 0.379. The van der Waals surface area contributed by atoms with Crippen molar-refractivity contribution in [3.05, 3.63) is 65.8 Å². The third-order valence-electron chi connectivity index (χ3n) is 6.73. The lowest BCUT2D eigenvalue weighted by Crippen LogP contribution is -2.36. The van der Waals surface area contributed by atoms with Crippen LogP contribution < -0.4 is 15.1 Å². The van der Waals surface area contributed by atoms with Crippen molar-refractivity contribution in [3.8, 4) is 11.1 Å². The summed E-state index contributed by atoms with van der Waals surface area (Å²) in [4.78, 5) is 28.1. The molecule has 4 aromatic rings. The van der Waals surface area contributed by atoms with Crippen molar-refractivity contribution in [2.75, 3.05) is 55.0 Å². The van der Waals surface area contributed by atoms with Gasteiger partial charge in [-0.1, -0.05) is 30.3 Å². The summed E-state index contributed by atoms with van der Waals surface area (Å²) < 4.78 is 5.44. The number of aromatic nitrogens is 2. The molecule has 1 aliphatic carbocycles. The number of hydrogen-bond donors (Lipinski definition) is 1. The van der Waals surface area contributed by atoms with E-state index in [4.69, 9.17) is 14.7 Å². The van der Waals surface area contributed by atoms with E-state index >= 15 is 0 Å². The highest BCUT2D eigenvalue weighted by molar-refractivity contribution is 7.17. The molecule has 1 amide bonds. The Labute approximate surface area is 214 Å². The number of amides is 1. The topological polar surface area (TPSA) is 70.6 Å². The molecule has 0 spiro atoms. The summed E-state index contributed by atoms with van der Waals surface area (Å²) >= 11 is 1.64. The average Bonchev–Trinajstić information content (AvgIpc) is 3.68. The van der Waals surface area contributed by atoms with Gasteiger partial charge >= 0.3 is 0 Å². The van der Waals surface area contributed by atoms with Gasteiger partial charge in [-0.15, -0.1) is 11.3 Å². The van der Waals surface area contributed by atoms with E-state index in [9.17, 15) is 4.79 Å². The highest BCUT2D eigenvalue weighted by Gasteiger charge is 2.29. The van der Waals surface area contributed by atoms with Gasteiger partial charge in [0.1, 0.15) is 16.5 Å². The third-order valence-corrected chi connectivity index (χ3v) is 7.60. The zero-order valence-corrected chi connectivity index (χ0v) is 21.1. The second kappa shape index (κ2) is 9.87. The standard InChI is InChI=1S/C28H29N5O2S/c1-32(17-24(34)29-21-9-11-22(12-10-21)33-13-15-35-16-14-33)27-25-23(19-5-3-2-4-6-19)18-36-28(25)31-26(30-27)20-7-8-20/h2-6,9-12,18,20H,7-8,13-17H2,1H3,(H,29,34). The van der Waals surface area contributed by atoms with Crippen LogP contribution >= 0.6 is 11.3 Å². The van der Waals surface area contributed by atoms with Crippen LogP contribution in [-0.2, 0) is 9.53 Å². The number of benzene rings is 2. The first-order chi connectivity index (χ1) is 17.7. The molecule has 0 bridgehead atoms. The van der Waals surface area contributed by atoms with Crippen molar-refractivity contribution in [1.29, 1.82) is 0 Å². The van der Waals surface area contributed by atoms with Gasteiger partial charge in [-0.2, -0.15) is 0 Å². The summed E-state index contributed by atoms with van der Waals surface area (Å²) in [7, 11) is 1.94. The van der Waals surface area contributed by atoms with Crippen molar-refractivity contribution in [2.24, 2.45) is 0 Å². The molecule has 0 unspecified atom stereocenters. The van der Waals surface area contributed by atoms with Crippen LogP contribution in [0.4, 0.5) is 17.2 Å². The first-order valence-electron chi connectivity index (χ1n) is 12.4. The van der Waals surface area contributed by atoms with Gasteiger partial charge in [-0.3, -0.25) is 4.79 Å². The van der Waals surface area contributed by atoms with E-state index in [0.717, 1.165) is 83.5 Å². The summed E-state index contributed by atoms with van der Waals surface area (Å²) in [6, 6.07) is 18.3. The molecule has 7 nitrogen and oxygen atoms in total. The number of carbonyl (C=O) groups is 1. The molecule has 8 heteroatoms. The molecule has 2 aromatic carbocycles. The first kappa shape index (κ1) is 22.9. The van der Waals surface area contributed by atoms with Gasteiger partial charge in [0.05, 0.1) is 25.1 Å². The normalized spacial score (nSPS) is 15.8. The fourth-order valence-electron chi connectivity index (χ4n) is 4.64. The second-order valence-electron chi connectivity index (χ2n) is 9.43. The smallest absolute Gasteiger partial charge is 0.243 e. The predicted molar refractivity (Wildman–Crippen MR) is 146 cm³/mol. The number of nitrogens with zero attached hydrogens (tertiary/aromatic N) is 4. The average molecular weight is 500 g/mol. The number of likely N-dealkylation sites (N-methyl/N-ethyl adjacent to an activating group) is 1. The summed E-state index contributed by atoms with van der Waals surface area (Å²) in [6.45, 7) is 3.48. The Morgan fingerprint density at radius 1 is 1.08 bits per heavy atom. The van der Waals surface area contributed by atoms with Gasteiger partial charge in [-0.05, 0) is 42.7 Å². The Morgan fingerprint density at radius 3 is 2.56 bits per heavy atom. The molecule has 1 N–H and O–H groups in total. The lowest BCUT2D eigenvalue weighted by molar-refractivity contribution is -0.114. The largest absolute Gasteiger partial charge is 0.378 e. The van der Waals surface area contributed by atoms with E-state index in [2.05, 4.69) is 39.9 Å². The van der Waals surface area contributed by atoms with Gasteiger partial charge in [0.15, 0.2) is 0 Å². The summed E-state index contributed by atoms with van der Waals surface area (Å²) in [6.07, 6.45) is 2.26. The van der Waals surface area contributed by atoms with Crippen LogP contribution in [0.5, 0.6) is 0 Å². The number of fused-ring (bicyclic) bond motifs is 1. The Hall–Kier alpha value is -3.49. The van der Waals surface area contributed by atoms with E-state index in [0.29, 0.717) is 5.92 Å². The molecule has 1 aliphatic heterocycles. The molecule has 1 saturated heterocycles. The Morgan fingerprint density at radius 2 is 1.83 bits per heavy atom. The fourth-order valence-corrected chi connectivity index (χ4v) is 5.59. The van der Waals surface area contributed by atoms with Crippen molar-refractivity contribution in [1.82, 2.24) is 9.97 Å². The van der Waals surface area contributed by atoms with Crippen LogP contribution in [0, 0.1) is 0 Å². The van der Waals surface area contributed by atoms with E-state index in [1.54, 1.807) is 11.3 Å². The number of rotatable bonds is 7. The van der Waals surface area contributed by atoms with Crippen LogP contribution in [0.15, 0.2) is 60.0 Å². The van der Waals surface area contributed by atoms with Crippen molar-refractivity contribution < 1.29 is 9.53 Å². The summed E-state index contributed by atoms with van der Waals surface area (Å²) in [5.74, 6) is 2.07. The van der Waals surface area contributed by atoms with Gasteiger partial charge in [0.2, 0.25) is 5.91 Å². The van der Waals surface area contributed by atoms with Crippen LogP contribution in [0.25, 0.3) is 21.3 Å². The monoisotopic (exact) mass is 499 g/mol. The third kappa shape index (κ3) is 4.79. The minimum absolute atomic E-state index is 0.0761. The van der Waals surface area contributed by atoms with E-state index in [1.807, 2.05) is 42.3 Å². The lowest BCUT2D eigenvalue weighted by Gasteiger charge is -2.29. The number of anilines is 3. The van der Waals surface area contributed by atoms with Crippen LogP contribution in [0.2, 0.25) is 0 Å². The SMILES string of the molecule is CN(CC(=O)Nc1ccc(N2CCOCC2)cc1)c1nc(C2CC2)nc2scc(-c3ccccc3)c12. The second-order valence-corrected chi connectivity index (χ2v) is 10.3. The molecule has 0 radical (unpaired) electrons. The molecule has 36 heavy (non-hydrogen) atoms. The number of nitrogens with one attached hydrogen (secondary N) is 1. The Balaban J connectivity index is 1.22. The first-order valence-corrected chi connectivity index (χ1v) is 13.3. The maximum atomic E-state index is 13.0. The van der Waals surface area contributed by atoms with Crippen LogP contribution in [-0.4, -0.2) is 55.8 Å². The molecular formula is C28H29N5O2S. The zero-order valence-electron chi connectivity index (χ0n) is 20.3. The minimum atomic E-state index is -0.0761. The van der Waals surface area contributed by atoms with E-state index < -0.39 is 0 Å². The van der Waals surface area contributed by atoms with Crippen molar-refractivity contribution in [3.63, 3.8) is 0 Å². The molecule has 6 rings (SSSR count). The number of thiophene rings is 1. The molecule has 3 heterocycles. The maximum absolute atomic E-state index is 13.0. The molecule has 0 atom stereocenters. The molecular weight excluding hydrogens is 470 g/mol. The van der Waals surface area contributed by atoms with Gasteiger partial charge in [0.25, 0.3) is 0 Å². The number of hydrogen-bond acceptors (Lipinski definition) is 7. The Kier molecular flexibility index (Phi) is 6.29. The van der Waals surface area contributed by atoms with Crippen molar-refractivity contribution >= 4 is 44.7 Å². The summed E-state index contributed by atoms with van der Waals surface area (Å²) in [5.41, 5.74) is 4.18. The zero-order chi connectivity index (χ0) is 24.5. The molecule has 184 valence electrons. The molecule has 2 aliphatic rings. The predicted octanol–water partition coefficient (Wildman–Crippen LogP) is 5.15. The molecule has 2 aromatic heterocycles. The molecule has 2 fully saturated rings. The highest BCUT2D eigenvalue weighted by atomic mass is 32.1. The minimum Gasteiger partial charge on any atom is -0.378 e. The summed E-state index contributed by atoms with van der Waals surface area (Å²) in [5, 5.41) is 6.21. The number of carbonyl (C=O) groups excluding carboxylic acids is 1. The highest BCUT2D eigenvalue weighted by Crippen LogP contribution is 2.43. The molecule has 1 saturated carbocycles. The maximum Gasteiger partial charge on any atom is 0.243 e. The van der Waals surface area contributed by atoms with E-state index in [-0.39, 0.29) is 12.5 Å². The van der Waals surface area contributed by atoms with E-state index in [1.165, 1.54) is 0 Å². The van der Waals surface area contributed by atoms with Gasteiger partial charge < -0.3 is 19.9 Å². The van der Waals surface area contributed by atoms with Gasteiger partial charge in [0, 0.05) is 48.4 Å². The van der Waals surface area contributed by atoms with Gasteiger partial charge in [-0.25, -0.2) is 9.97 Å². The van der Waals surface area contributed by atoms with Crippen LogP contribution in [0.3, 0.4) is 0 Å².